The number of aryl methyl sites for hydroxylation is 1. The summed E-state index contributed by atoms with van der Waals surface area (Å²) in [5, 5.41) is 23.1. The van der Waals surface area contributed by atoms with E-state index in [1.54, 1.807) is 55.5 Å². The molecule has 0 bridgehead atoms. The van der Waals surface area contributed by atoms with Crippen LogP contribution in [0.5, 0.6) is 11.6 Å². The van der Waals surface area contributed by atoms with Gasteiger partial charge in [0.2, 0.25) is 11.7 Å². The molecule has 9 heteroatoms. The summed E-state index contributed by atoms with van der Waals surface area (Å²) in [5.41, 5.74) is 1.30. The van der Waals surface area contributed by atoms with Crippen LogP contribution in [-0.4, -0.2) is 25.5 Å². The van der Waals surface area contributed by atoms with Gasteiger partial charge in [0.15, 0.2) is 16.6 Å². The van der Waals surface area contributed by atoms with Crippen LogP contribution in [0, 0.1) is 6.92 Å². The zero-order chi connectivity index (χ0) is 22.6. The predicted octanol–water partition coefficient (Wildman–Crippen LogP) is 6.60. The van der Waals surface area contributed by atoms with Gasteiger partial charge in [-0.05, 0) is 49.4 Å². The Balaban J connectivity index is 1.82. The third-order valence-electron chi connectivity index (χ3n) is 4.94. The van der Waals surface area contributed by atoms with E-state index in [9.17, 15) is 15.0 Å². The molecule has 32 heavy (non-hydrogen) atoms. The molecule has 0 amide bonds. The lowest BCUT2D eigenvalue weighted by molar-refractivity contribution is 0.101. The minimum absolute atomic E-state index is 0.0364. The van der Waals surface area contributed by atoms with Crippen molar-refractivity contribution in [1.82, 2.24) is 9.55 Å². The first-order valence-corrected chi connectivity index (χ1v) is 11.0. The van der Waals surface area contributed by atoms with Crippen molar-refractivity contribution in [2.24, 2.45) is 0 Å². The molecule has 0 fully saturated rings. The van der Waals surface area contributed by atoms with Crippen LogP contribution in [0.2, 0.25) is 10.0 Å². The fourth-order valence-electron chi connectivity index (χ4n) is 3.52. The molecular weight excluding hydrogens is 471 g/mol. The quantitative estimate of drug-likeness (QED) is 0.280. The number of thiazole rings is 1. The molecule has 0 atom stereocenters. The van der Waals surface area contributed by atoms with Crippen LogP contribution in [-0.2, 0) is 0 Å². The van der Waals surface area contributed by atoms with Crippen molar-refractivity contribution >= 4 is 50.5 Å². The molecule has 0 saturated heterocycles. The summed E-state index contributed by atoms with van der Waals surface area (Å²) in [7, 11) is 0. The normalized spacial score (nSPS) is 11.3. The predicted molar refractivity (Wildman–Crippen MR) is 125 cm³/mol. The maximum Gasteiger partial charge on any atom is 0.242 e. The minimum atomic E-state index is -0.580. The van der Waals surface area contributed by atoms with Gasteiger partial charge in [-0.2, -0.15) is 0 Å². The molecule has 0 saturated carbocycles. The van der Waals surface area contributed by atoms with E-state index in [1.807, 2.05) is 0 Å². The maximum absolute atomic E-state index is 13.3. The minimum Gasteiger partial charge on any atom is -0.503 e. The van der Waals surface area contributed by atoms with E-state index in [-0.39, 0.29) is 17.0 Å². The third kappa shape index (κ3) is 3.35. The number of nitrogens with zero attached hydrogens (tertiary/aromatic N) is 2. The summed E-state index contributed by atoms with van der Waals surface area (Å²) in [6.45, 7) is 1.71. The number of fused-ring (bicyclic) bond motifs is 1. The van der Waals surface area contributed by atoms with E-state index in [1.165, 1.54) is 22.0 Å². The number of carbonyl (C=O) groups is 1. The third-order valence-corrected chi connectivity index (χ3v) is 6.41. The second-order valence-electron chi connectivity index (χ2n) is 7.09. The van der Waals surface area contributed by atoms with Crippen LogP contribution in [0.15, 0.2) is 59.0 Å². The van der Waals surface area contributed by atoms with Crippen LogP contribution < -0.4 is 0 Å². The highest BCUT2D eigenvalue weighted by Gasteiger charge is 2.32. The number of aromatic nitrogens is 2. The van der Waals surface area contributed by atoms with Gasteiger partial charge in [0.25, 0.3) is 0 Å². The molecule has 0 spiro atoms. The first-order chi connectivity index (χ1) is 15.3. The molecule has 0 radical (unpaired) electrons. The monoisotopic (exact) mass is 484 g/mol. The van der Waals surface area contributed by atoms with Crippen molar-refractivity contribution in [3.05, 3.63) is 81.7 Å². The lowest BCUT2D eigenvalue weighted by Crippen LogP contribution is -2.04. The Labute approximate surface area is 195 Å². The SMILES string of the molecule is Cc1ccc(C(=O)c2c(O)c(O)n(-c3nc4ccc(Cl)cc4s3)c2-c2cccc(Cl)c2)o1. The first-order valence-electron chi connectivity index (χ1n) is 9.43. The van der Waals surface area contributed by atoms with Gasteiger partial charge in [-0.3, -0.25) is 9.36 Å². The average molecular weight is 485 g/mol. The molecule has 5 aromatic rings. The number of aromatic hydroxyl groups is 2. The van der Waals surface area contributed by atoms with Crippen LogP contribution in [0.3, 0.4) is 0 Å². The molecule has 0 unspecified atom stereocenters. The number of halogens is 2. The number of carbonyl (C=O) groups excluding carboxylic acids is 1. The van der Waals surface area contributed by atoms with Crippen LogP contribution in [0.4, 0.5) is 0 Å². The Morgan fingerprint density at radius 3 is 2.56 bits per heavy atom. The van der Waals surface area contributed by atoms with Gasteiger partial charge in [0, 0.05) is 15.6 Å². The number of furan rings is 1. The molecular formula is C23H14Cl2N2O4S. The molecule has 6 nitrogen and oxygen atoms in total. The summed E-state index contributed by atoms with van der Waals surface area (Å²) in [6.07, 6.45) is 0. The van der Waals surface area contributed by atoms with Crippen molar-refractivity contribution in [1.29, 1.82) is 0 Å². The Bertz CT molecular complexity index is 1520. The zero-order valence-electron chi connectivity index (χ0n) is 16.5. The number of hydrogen-bond acceptors (Lipinski definition) is 6. The van der Waals surface area contributed by atoms with E-state index in [0.717, 1.165) is 4.70 Å². The molecule has 3 aromatic heterocycles. The number of hydrogen-bond donors (Lipinski definition) is 2. The van der Waals surface area contributed by atoms with Crippen molar-refractivity contribution in [2.45, 2.75) is 6.92 Å². The first kappa shape index (κ1) is 20.6. The topological polar surface area (TPSA) is 88.5 Å². The smallest absolute Gasteiger partial charge is 0.242 e. The summed E-state index contributed by atoms with van der Waals surface area (Å²) in [6, 6.07) is 15.2. The highest BCUT2D eigenvalue weighted by molar-refractivity contribution is 7.20. The summed E-state index contributed by atoms with van der Waals surface area (Å²) >= 11 is 13.6. The van der Waals surface area contributed by atoms with Gasteiger partial charge in [0.1, 0.15) is 5.76 Å². The Kier molecular flexibility index (Phi) is 4.97. The van der Waals surface area contributed by atoms with Crippen molar-refractivity contribution in [2.75, 3.05) is 0 Å². The standard InChI is InChI=1S/C23H14Cl2N2O4S/c1-11-5-8-16(31-11)20(28)18-19(12-3-2-4-13(24)9-12)27(22(30)21(18)29)23-26-15-7-6-14(25)10-17(15)32-23/h2-10,29-30H,1H3. The van der Waals surface area contributed by atoms with Crippen molar-refractivity contribution in [3.63, 3.8) is 0 Å². The highest BCUT2D eigenvalue weighted by Crippen LogP contribution is 2.45. The van der Waals surface area contributed by atoms with Gasteiger partial charge in [-0.15, -0.1) is 0 Å². The molecule has 0 aliphatic heterocycles. The number of benzene rings is 2. The van der Waals surface area contributed by atoms with E-state index in [4.69, 9.17) is 27.6 Å². The van der Waals surface area contributed by atoms with Crippen LogP contribution in [0.1, 0.15) is 21.9 Å². The lowest BCUT2D eigenvalue weighted by Gasteiger charge is -2.09. The lowest BCUT2D eigenvalue weighted by atomic mass is 10.0. The largest absolute Gasteiger partial charge is 0.503 e. The highest BCUT2D eigenvalue weighted by atomic mass is 35.5. The van der Waals surface area contributed by atoms with Gasteiger partial charge in [-0.25, -0.2) is 4.98 Å². The van der Waals surface area contributed by atoms with E-state index in [2.05, 4.69) is 4.98 Å². The Morgan fingerprint density at radius 1 is 1.06 bits per heavy atom. The fraction of sp³-hybridized carbons (Fsp3) is 0.0435. The fourth-order valence-corrected chi connectivity index (χ4v) is 4.96. The second-order valence-corrected chi connectivity index (χ2v) is 8.97. The molecule has 2 aromatic carbocycles. The van der Waals surface area contributed by atoms with Crippen molar-refractivity contribution < 1.29 is 19.4 Å². The summed E-state index contributed by atoms with van der Waals surface area (Å²) in [4.78, 5) is 17.9. The van der Waals surface area contributed by atoms with Gasteiger partial charge in [0.05, 0.1) is 21.5 Å². The summed E-state index contributed by atoms with van der Waals surface area (Å²) < 4.78 is 7.60. The Hall–Kier alpha value is -3.26. The molecule has 2 N–H and O–H groups in total. The van der Waals surface area contributed by atoms with Crippen molar-refractivity contribution in [3.8, 4) is 28.0 Å². The van der Waals surface area contributed by atoms with E-state index >= 15 is 0 Å². The molecule has 5 rings (SSSR count). The van der Waals surface area contributed by atoms with Crippen LogP contribution in [0.25, 0.3) is 26.6 Å². The Morgan fingerprint density at radius 2 is 1.84 bits per heavy atom. The maximum atomic E-state index is 13.3. The zero-order valence-corrected chi connectivity index (χ0v) is 18.8. The number of rotatable bonds is 4. The number of ketones is 1. The van der Waals surface area contributed by atoms with Crippen LogP contribution >= 0.6 is 34.5 Å². The second kappa shape index (κ2) is 7.70. The molecule has 160 valence electrons. The molecule has 3 heterocycles. The summed E-state index contributed by atoms with van der Waals surface area (Å²) in [5.74, 6) is -1.09. The van der Waals surface area contributed by atoms with E-state index < -0.39 is 17.4 Å². The van der Waals surface area contributed by atoms with Gasteiger partial charge in [-0.1, -0.05) is 46.7 Å². The molecule has 0 aliphatic carbocycles. The average Bonchev–Trinajstić information content (AvgIpc) is 3.44. The molecule has 0 aliphatic rings. The van der Waals surface area contributed by atoms with Gasteiger partial charge < -0.3 is 14.6 Å². The van der Waals surface area contributed by atoms with Gasteiger partial charge >= 0.3 is 0 Å². The van der Waals surface area contributed by atoms with E-state index in [0.29, 0.717) is 32.0 Å².